The van der Waals surface area contributed by atoms with Gasteiger partial charge in [-0.1, -0.05) is 0 Å². The smallest absolute Gasteiger partial charge is 0.312 e. The highest BCUT2D eigenvalue weighted by Crippen LogP contribution is 2.62. The third-order valence-electron chi connectivity index (χ3n) is 9.74. The molecule has 33 heavy (non-hydrogen) atoms. The van der Waals surface area contributed by atoms with Gasteiger partial charge in [-0.2, -0.15) is 0 Å². The molecule has 0 heterocycles. The van der Waals surface area contributed by atoms with Crippen LogP contribution in [0.25, 0.3) is 0 Å². The molecular weight excluding hydrogens is 416 g/mol. The third kappa shape index (κ3) is 4.24. The number of rotatable bonds is 2. The molecule has 6 heteroatoms. The van der Waals surface area contributed by atoms with Crippen molar-refractivity contribution in [2.24, 2.45) is 40.2 Å². The summed E-state index contributed by atoms with van der Waals surface area (Å²) in [6, 6.07) is 0. The van der Waals surface area contributed by atoms with E-state index in [1.165, 1.54) is 32.8 Å². The summed E-state index contributed by atoms with van der Waals surface area (Å²) in [5, 5.41) is 0. The lowest BCUT2D eigenvalue weighted by atomic mass is 9.47. The van der Waals surface area contributed by atoms with E-state index in [-0.39, 0.29) is 39.4 Å². The third-order valence-corrected chi connectivity index (χ3v) is 9.74. The second-order valence-corrected chi connectivity index (χ2v) is 14.3. The molecule has 4 atom stereocenters. The Kier molecular flexibility index (Phi) is 5.31. The van der Waals surface area contributed by atoms with Gasteiger partial charge >= 0.3 is 11.9 Å². The molecule has 0 radical (unpaired) electrons. The van der Waals surface area contributed by atoms with Crippen LogP contribution in [0.4, 0.5) is 0 Å². The van der Waals surface area contributed by atoms with Crippen molar-refractivity contribution in [3.63, 3.8) is 0 Å². The van der Waals surface area contributed by atoms with Gasteiger partial charge in [-0.25, -0.2) is 0 Å². The zero-order valence-electron chi connectivity index (χ0n) is 21.2. The Labute approximate surface area is 198 Å². The van der Waals surface area contributed by atoms with Gasteiger partial charge < -0.3 is 20.9 Å². The Morgan fingerprint density at radius 1 is 0.788 bits per heavy atom. The molecule has 0 spiro atoms. The summed E-state index contributed by atoms with van der Waals surface area (Å²) in [5.41, 5.74) is 10.2. The van der Waals surface area contributed by atoms with E-state index in [1.54, 1.807) is 0 Å². The molecule has 0 aliphatic heterocycles. The number of nitrogens with two attached hydrogens (primary N) is 1. The fourth-order valence-electron chi connectivity index (χ4n) is 9.87. The van der Waals surface area contributed by atoms with Crippen molar-refractivity contribution >= 4 is 11.9 Å². The van der Waals surface area contributed by atoms with Crippen molar-refractivity contribution in [3.8, 4) is 0 Å². The van der Waals surface area contributed by atoms with Gasteiger partial charge in [-0.15, -0.1) is 0 Å². The molecule has 8 saturated carbocycles. The van der Waals surface area contributed by atoms with Crippen molar-refractivity contribution in [2.45, 2.75) is 114 Å². The second kappa shape index (κ2) is 7.43. The lowest BCUT2D eigenvalue weighted by Gasteiger charge is -2.59. The van der Waals surface area contributed by atoms with Gasteiger partial charge in [0, 0.05) is 24.8 Å². The summed E-state index contributed by atoms with van der Waals surface area (Å²) in [6.45, 7) is 5.84. The maximum Gasteiger partial charge on any atom is 0.312 e. The number of hydrogen-bond donors (Lipinski definition) is 2. The minimum absolute atomic E-state index is 0.0129. The molecule has 8 aliphatic rings. The van der Waals surface area contributed by atoms with E-state index in [0.29, 0.717) is 11.8 Å². The molecule has 4 unspecified atom stereocenters. The van der Waals surface area contributed by atoms with Crippen molar-refractivity contribution in [1.29, 1.82) is 0 Å². The zero-order valence-corrected chi connectivity index (χ0v) is 21.2. The normalized spacial score (nSPS) is 48.8. The van der Waals surface area contributed by atoms with E-state index in [1.807, 2.05) is 20.8 Å². The maximum absolute atomic E-state index is 12.6. The Bertz CT molecular complexity index is 802. The van der Waals surface area contributed by atoms with Crippen molar-refractivity contribution in [2.75, 3.05) is 7.11 Å². The van der Waals surface area contributed by atoms with Crippen LogP contribution in [0.2, 0.25) is 0 Å². The highest BCUT2D eigenvalue weighted by atomic mass is 16.6. The zero-order chi connectivity index (χ0) is 23.9. The average molecular weight is 462 g/mol. The fourth-order valence-corrected chi connectivity index (χ4v) is 9.87. The lowest BCUT2D eigenvalue weighted by Crippen LogP contribution is -2.80. The first-order valence-electron chi connectivity index (χ1n) is 13.2. The molecule has 8 rings (SSSR count). The van der Waals surface area contributed by atoms with Crippen LogP contribution < -0.4 is 11.5 Å². The Hall–Kier alpha value is -1.14. The van der Waals surface area contributed by atoms with Gasteiger partial charge in [-0.3, -0.25) is 9.59 Å². The molecule has 0 amide bonds. The monoisotopic (exact) mass is 461 g/mol. The Balaban J connectivity index is 0.000000140. The van der Waals surface area contributed by atoms with Crippen molar-refractivity contribution < 1.29 is 24.8 Å². The minimum Gasteiger partial charge on any atom is -0.469 e. The molecule has 6 nitrogen and oxygen atoms in total. The van der Waals surface area contributed by atoms with Crippen LogP contribution in [-0.4, -0.2) is 35.7 Å². The van der Waals surface area contributed by atoms with E-state index >= 15 is 0 Å². The molecule has 8 fully saturated rings. The first-order chi connectivity index (χ1) is 15.3. The molecule has 0 aromatic rings. The van der Waals surface area contributed by atoms with E-state index in [0.717, 1.165) is 63.2 Å². The number of methoxy groups -OCH3 is 1. The predicted molar refractivity (Wildman–Crippen MR) is 125 cm³/mol. The SMILES string of the molecule is CC(C)(C)OC(=O)C12CC3CC(CC(N)(C3)C1)C2.COC(=O)C12CC3CC(CC([NH3+])(C3)C1)C2. The Morgan fingerprint density at radius 2 is 1.24 bits per heavy atom. The van der Waals surface area contributed by atoms with Crippen LogP contribution >= 0.6 is 0 Å². The lowest BCUT2D eigenvalue weighted by molar-refractivity contribution is -0.508. The first-order valence-corrected chi connectivity index (χ1v) is 13.2. The molecule has 0 aromatic heterocycles. The molecule has 8 bridgehead atoms. The largest absolute Gasteiger partial charge is 0.469 e. The average Bonchev–Trinajstić information content (AvgIpc) is 2.62. The van der Waals surface area contributed by atoms with Gasteiger partial charge in [0.15, 0.2) is 0 Å². The van der Waals surface area contributed by atoms with Crippen LogP contribution in [0.3, 0.4) is 0 Å². The molecule has 8 aliphatic carbocycles. The predicted octanol–water partition coefficient (Wildman–Crippen LogP) is 3.37. The quantitative estimate of drug-likeness (QED) is 0.613. The molecule has 186 valence electrons. The molecular formula is C27H45N2O4+. The molecule has 5 N–H and O–H groups in total. The van der Waals surface area contributed by atoms with Crippen LogP contribution in [0.5, 0.6) is 0 Å². The summed E-state index contributed by atoms with van der Waals surface area (Å²) in [7, 11) is 1.52. The van der Waals surface area contributed by atoms with E-state index in [2.05, 4.69) is 5.73 Å². The standard InChI is InChI=1S/C15H25NO2.C12H19NO2/c1-13(2,3)18-12(17)14-5-10-4-11(6-14)8-15(16,7-10)9-14;1-15-10(14)11-3-8-2-9(4-11)6-12(13,5-8)7-11/h10-11H,4-9,16H2,1-3H3;8-9H,2-7,13H2,1H3/p+1. The van der Waals surface area contributed by atoms with E-state index in [9.17, 15) is 9.59 Å². The molecule has 0 aromatic carbocycles. The number of carbonyl (C=O) groups is 2. The summed E-state index contributed by atoms with van der Waals surface area (Å²) >= 11 is 0. The van der Waals surface area contributed by atoms with Crippen LogP contribution in [0, 0.1) is 34.5 Å². The highest BCUT2D eigenvalue weighted by molar-refractivity contribution is 5.78. The second-order valence-electron chi connectivity index (χ2n) is 14.3. The number of ether oxygens (including phenoxy) is 2. The molecule has 0 saturated heterocycles. The van der Waals surface area contributed by atoms with Crippen molar-refractivity contribution in [1.82, 2.24) is 0 Å². The van der Waals surface area contributed by atoms with Gasteiger partial charge in [-0.05, 0) is 102 Å². The van der Waals surface area contributed by atoms with E-state index in [4.69, 9.17) is 15.2 Å². The number of carbonyl (C=O) groups excluding carboxylic acids is 2. The van der Waals surface area contributed by atoms with Gasteiger partial charge in [0.1, 0.15) is 5.60 Å². The van der Waals surface area contributed by atoms with Crippen LogP contribution in [0.1, 0.15) is 97.8 Å². The summed E-state index contributed by atoms with van der Waals surface area (Å²) in [6.07, 6.45) is 13.3. The number of quaternary nitrogens is 1. The summed E-state index contributed by atoms with van der Waals surface area (Å²) in [5.74, 6) is 2.83. The van der Waals surface area contributed by atoms with Crippen LogP contribution in [0.15, 0.2) is 0 Å². The fraction of sp³-hybridized carbons (Fsp3) is 0.926. The Morgan fingerprint density at radius 3 is 1.64 bits per heavy atom. The number of esters is 2. The first kappa shape index (κ1) is 23.6. The maximum atomic E-state index is 12.6. The number of hydrogen-bond acceptors (Lipinski definition) is 5. The topological polar surface area (TPSA) is 106 Å². The van der Waals surface area contributed by atoms with Gasteiger partial charge in [0.25, 0.3) is 0 Å². The van der Waals surface area contributed by atoms with Crippen LogP contribution in [-0.2, 0) is 19.1 Å². The highest BCUT2D eigenvalue weighted by Gasteiger charge is 2.62. The summed E-state index contributed by atoms with van der Waals surface area (Å²) in [4.78, 5) is 24.5. The van der Waals surface area contributed by atoms with Gasteiger partial charge in [0.05, 0.1) is 23.5 Å². The summed E-state index contributed by atoms with van der Waals surface area (Å²) < 4.78 is 10.7. The van der Waals surface area contributed by atoms with Gasteiger partial charge in [0.2, 0.25) is 0 Å². The van der Waals surface area contributed by atoms with Crippen molar-refractivity contribution in [3.05, 3.63) is 0 Å². The van der Waals surface area contributed by atoms with E-state index < -0.39 is 0 Å². The minimum atomic E-state index is -0.387.